The number of aryl methyl sites for hydroxylation is 1. The van der Waals surface area contributed by atoms with Gasteiger partial charge in [-0.15, -0.1) is 11.3 Å². The van der Waals surface area contributed by atoms with Gasteiger partial charge in [0.1, 0.15) is 0 Å². The molecule has 3 unspecified atom stereocenters. The Labute approximate surface area is 160 Å². The van der Waals surface area contributed by atoms with E-state index in [0.717, 1.165) is 19.3 Å². The van der Waals surface area contributed by atoms with Crippen molar-refractivity contribution in [3.63, 3.8) is 0 Å². The summed E-state index contributed by atoms with van der Waals surface area (Å²) in [5.74, 6) is 0.889. The van der Waals surface area contributed by atoms with Crippen LogP contribution in [0.4, 0.5) is 0 Å². The first-order valence-electron chi connectivity index (χ1n) is 7.18. The molecule has 0 aromatic carbocycles. The molecular formula is C16H25BNOSY-. The topological polar surface area (TPSA) is 20.3 Å². The fraction of sp³-hybridized carbons (Fsp3) is 0.625. The van der Waals surface area contributed by atoms with Crippen molar-refractivity contribution in [3.8, 4) is 0 Å². The number of rotatable bonds is 6. The summed E-state index contributed by atoms with van der Waals surface area (Å²) in [6, 6.07) is 4.67. The van der Waals surface area contributed by atoms with Crippen molar-refractivity contribution < 1.29 is 37.5 Å². The number of carbonyl (C=O) groups excluding carboxylic acids is 1. The number of likely N-dealkylation sites (tertiary alicyclic amines) is 1. The maximum absolute atomic E-state index is 12.2. The molecule has 2 heterocycles. The molecular weight excluding hydrogens is 354 g/mol. The molecule has 3 radical (unpaired) electrons. The molecule has 1 aromatic heterocycles. The normalized spacial score (nSPS) is 24.6. The Bertz CT molecular complexity index is 412. The third-order valence-electron chi connectivity index (χ3n) is 4.34. The third kappa shape index (κ3) is 5.18. The molecule has 2 nitrogen and oxygen atoms in total. The summed E-state index contributed by atoms with van der Waals surface area (Å²) >= 11 is 1.82. The quantitative estimate of drug-likeness (QED) is 0.547. The van der Waals surface area contributed by atoms with Crippen LogP contribution < -0.4 is 0 Å². The van der Waals surface area contributed by atoms with Gasteiger partial charge in [0.2, 0.25) is 5.91 Å². The molecule has 0 N–H and O–H groups in total. The summed E-state index contributed by atoms with van der Waals surface area (Å²) < 4.78 is 0. The Morgan fingerprint density at radius 2 is 2.10 bits per heavy atom. The summed E-state index contributed by atoms with van der Waals surface area (Å²) in [6.45, 7) is 4.96. The fourth-order valence-corrected chi connectivity index (χ4v) is 3.79. The van der Waals surface area contributed by atoms with Crippen molar-refractivity contribution in [3.05, 3.63) is 29.8 Å². The first kappa shape index (κ1) is 21.3. The van der Waals surface area contributed by atoms with Crippen LogP contribution in [0.5, 0.6) is 0 Å². The zero-order chi connectivity index (χ0) is 13.8. The van der Waals surface area contributed by atoms with Crippen LogP contribution in [-0.2, 0) is 43.9 Å². The molecule has 1 amide bonds. The molecule has 1 aromatic rings. The predicted octanol–water partition coefficient (Wildman–Crippen LogP) is 3.59. The number of nitrogens with zero attached hydrogens (tertiary/aromatic N) is 1. The van der Waals surface area contributed by atoms with E-state index in [1.807, 2.05) is 16.2 Å². The van der Waals surface area contributed by atoms with Crippen molar-refractivity contribution in [2.24, 2.45) is 11.8 Å². The van der Waals surface area contributed by atoms with E-state index >= 15 is 0 Å². The largest absolute Gasteiger partial charge is 0.358 e. The second-order valence-corrected chi connectivity index (χ2v) is 6.54. The summed E-state index contributed by atoms with van der Waals surface area (Å²) in [4.78, 5) is 15.6. The second-order valence-electron chi connectivity index (χ2n) is 5.51. The van der Waals surface area contributed by atoms with Gasteiger partial charge in [0, 0.05) is 56.1 Å². The van der Waals surface area contributed by atoms with Crippen LogP contribution >= 0.6 is 11.3 Å². The summed E-state index contributed by atoms with van der Waals surface area (Å²) in [6.07, 6.45) is 3.93. The minimum atomic E-state index is 0. The van der Waals surface area contributed by atoms with Crippen LogP contribution in [0.3, 0.4) is 0 Å². The molecule has 5 heteroatoms. The molecule has 21 heavy (non-hydrogen) atoms. The maximum atomic E-state index is 12.2. The van der Waals surface area contributed by atoms with Crippen molar-refractivity contribution >= 4 is 25.1 Å². The van der Waals surface area contributed by atoms with E-state index in [9.17, 15) is 4.79 Å². The van der Waals surface area contributed by atoms with Crippen LogP contribution in [0.25, 0.3) is 0 Å². The van der Waals surface area contributed by atoms with E-state index in [-0.39, 0.29) is 46.1 Å². The standard InChI is InChI=1S/C15H22BNOS.CH3.Y/c1-11-12(2)15(18)17(9-8-16)14(11)7-3-5-13-6-4-10-19-13;;/h4,6,10-12,14H,3,5,7-9H2,1-2H3;1H3;/q;-1;. The number of carbonyl (C=O) groups is 1. The summed E-state index contributed by atoms with van der Waals surface area (Å²) in [7, 11) is 5.64. The second kappa shape index (κ2) is 10.2. The average Bonchev–Trinajstić information content (AvgIpc) is 2.98. The molecule has 0 spiro atoms. The molecule has 0 aliphatic carbocycles. The van der Waals surface area contributed by atoms with Crippen molar-refractivity contribution in [1.82, 2.24) is 4.90 Å². The zero-order valence-corrected chi connectivity index (χ0v) is 17.1. The van der Waals surface area contributed by atoms with E-state index < -0.39 is 0 Å². The van der Waals surface area contributed by atoms with E-state index in [4.69, 9.17) is 7.85 Å². The molecule has 0 saturated carbocycles. The van der Waals surface area contributed by atoms with E-state index in [1.54, 1.807) is 0 Å². The molecule has 0 bridgehead atoms. The number of hydrogen-bond acceptors (Lipinski definition) is 2. The minimum Gasteiger partial charge on any atom is -0.358 e. The smallest absolute Gasteiger partial charge is 0.225 e. The molecule has 113 valence electrons. The maximum Gasteiger partial charge on any atom is 0.225 e. The fourth-order valence-electron chi connectivity index (χ4n) is 3.04. The molecule has 1 aliphatic heterocycles. The van der Waals surface area contributed by atoms with Gasteiger partial charge in [-0.3, -0.25) is 4.79 Å². The van der Waals surface area contributed by atoms with E-state index in [0.29, 0.717) is 30.7 Å². The van der Waals surface area contributed by atoms with Crippen LogP contribution in [0.1, 0.15) is 31.6 Å². The van der Waals surface area contributed by atoms with Crippen LogP contribution in [0.2, 0.25) is 6.32 Å². The number of hydrogen-bond donors (Lipinski definition) is 0. The molecule has 1 aliphatic rings. The Kier molecular flexibility index (Phi) is 10.3. The van der Waals surface area contributed by atoms with Gasteiger partial charge in [-0.25, -0.2) is 0 Å². The predicted molar refractivity (Wildman–Crippen MR) is 88.1 cm³/mol. The van der Waals surface area contributed by atoms with Gasteiger partial charge >= 0.3 is 0 Å². The number of thiophene rings is 1. The van der Waals surface area contributed by atoms with E-state index in [2.05, 4.69) is 31.4 Å². The Hall–Kier alpha value is 0.339. The Morgan fingerprint density at radius 1 is 1.38 bits per heavy atom. The summed E-state index contributed by atoms with van der Waals surface area (Å²) in [5, 5.41) is 2.12. The van der Waals surface area contributed by atoms with Crippen molar-refractivity contribution in [2.45, 2.75) is 45.5 Å². The molecule has 2 rings (SSSR count). The SMILES string of the molecule is [B]CCN1C(=O)C(C)C(C)C1CCCc1cccs1.[CH3-].[Y]. The van der Waals surface area contributed by atoms with Crippen molar-refractivity contribution in [2.75, 3.05) is 6.54 Å². The van der Waals surface area contributed by atoms with E-state index in [1.165, 1.54) is 4.88 Å². The average molecular weight is 379 g/mol. The summed E-state index contributed by atoms with van der Waals surface area (Å²) in [5.41, 5.74) is 0. The first-order chi connectivity index (χ1) is 9.15. The van der Waals surface area contributed by atoms with Gasteiger partial charge in [0.15, 0.2) is 0 Å². The van der Waals surface area contributed by atoms with Gasteiger partial charge in [-0.05, 0) is 36.6 Å². The number of amides is 1. The van der Waals surface area contributed by atoms with Gasteiger partial charge in [-0.2, -0.15) is 0 Å². The third-order valence-corrected chi connectivity index (χ3v) is 5.28. The van der Waals surface area contributed by atoms with Crippen molar-refractivity contribution in [1.29, 1.82) is 0 Å². The Morgan fingerprint density at radius 3 is 2.67 bits per heavy atom. The molecule has 3 atom stereocenters. The monoisotopic (exact) mass is 379 g/mol. The zero-order valence-electron chi connectivity index (χ0n) is 13.4. The van der Waals surface area contributed by atoms with Crippen LogP contribution in [-0.4, -0.2) is 31.2 Å². The van der Waals surface area contributed by atoms with Crippen LogP contribution in [0, 0.1) is 19.3 Å². The first-order valence-corrected chi connectivity index (χ1v) is 8.06. The minimum absolute atomic E-state index is 0. The van der Waals surface area contributed by atoms with Gasteiger partial charge < -0.3 is 12.3 Å². The Balaban J connectivity index is 0.00000200. The van der Waals surface area contributed by atoms with Crippen LogP contribution in [0.15, 0.2) is 17.5 Å². The van der Waals surface area contributed by atoms with Gasteiger partial charge in [0.25, 0.3) is 0 Å². The molecule has 1 saturated heterocycles. The van der Waals surface area contributed by atoms with Gasteiger partial charge in [0.05, 0.1) is 7.85 Å². The van der Waals surface area contributed by atoms with Gasteiger partial charge in [-0.1, -0.05) is 26.2 Å². The molecule has 1 fully saturated rings.